The fraction of sp³-hybridized carbons (Fsp3) is 0.0189. The molecule has 0 radical (unpaired) electrons. The van der Waals surface area contributed by atoms with Crippen LogP contribution in [0.25, 0.3) is 110 Å². The minimum Gasteiger partial charge on any atom is -0.455 e. The summed E-state index contributed by atoms with van der Waals surface area (Å²) >= 11 is 0. The summed E-state index contributed by atoms with van der Waals surface area (Å²) in [7, 11) is 0. The first-order chi connectivity index (χ1) is 26.7. The summed E-state index contributed by atoms with van der Waals surface area (Å²) in [5.41, 5.74) is 12.8. The van der Waals surface area contributed by atoms with Gasteiger partial charge in [0.2, 0.25) is 0 Å². The molecule has 0 fully saturated rings. The van der Waals surface area contributed by atoms with Gasteiger partial charge in [0.25, 0.3) is 0 Å². The number of benzene rings is 10. The minimum atomic E-state index is 0.889. The van der Waals surface area contributed by atoms with Crippen molar-refractivity contribution in [3.63, 3.8) is 0 Å². The van der Waals surface area contributed by atoms with Gasteiger partial charge < -0.3 is 4.42 Å². The molecule has 11 aromatic rings. The lowest BCUT2D eigenvalue weighted by Crippen LogP contribution is -1.91. The second kappa shape index (κ2) is 12.0. The molecule has 0 bridgehead atoms. The Bertz CT molecular complexity index is 3140. The van der Waals surface area contributed by atoms with Crippen molar-refractivity contribution < 1.29 is 4.42 Å². The Balaban J connectivity index is 1.17. The fourth-order valence-electron chi connectivity index (χ4n) is 8.96. The molecule has 0 saturated carbocycles. The summed E-state index contributed by atoms with van der Waals surface area (Å²) in [6.07, 6.45) is 0. The van der Waals surface area contributed by atoms with Crippen molar-refractivity contribution in [1.82, 2.24) is 0 Å². The Labute approximate surface area is 313 Å². The Hall–Kier alpha value is -6.96. The summed E-state index contributed by atoms with van der Waals surface area (Å²) in [4.78, 5) is 0. The van der Waals surface area contributed by atoms with Crippen LogP contribution in [0.3, 0.4) is 0 Å². The second-order valence-corrected chi connectivity index (χ2v) is 14.4. The largest absolute Gasteiger partial charge is 0.455 e. The van der Waals surface area contributed by atoms with E-state index in [0.29, 0.717) is 0 Å². The Morgan fingerprint density at radius 3 is 1.22 bits per heavy atom. The molecule has 0 atom stereocenters. The van der Waals surface area contributed by atoms with Crippen molar-refractivity contribution in [2.24, 2.45) is 0 Å². The minimum absolute atomic E-state index is 0.889. The molecule has 0 N–H and O–H groups in total. The van der Waals surface area contributed by atoms with Crippen molar-refractivity contribution in [1.29, 1.82) is 0 Å². The highest BCUT2D eigenvalue weighted by atomic mass is 16.3. The number of fused-ring (bicyclic) bond motifs is 7. The summed E-state index contributed by atoms with van der Waals surface area (Å²) in [5.74, 6) is 0. The Morgan fingerprint density at radius 2 is 0.704 bits per heavy atom. The number of aryl methyl sites for hydroxylation is 1. The van der Waals surface area contributed by atoms with Crippen LogP contribution in [0.4, 0.5) is 0 Å². The zero-order valence-corrected chi connectivity index (χ0v) is 29.8. The first-order valence-electron chi connectivity index (χ1n) is 18.7. The van der Waals surface area contributed by atoms with Crippen molar-refractivity contribution in [2.75, 3.05) is 0 Å². The first-order valence-corrected chi connectivity index (χ1v) is 18.7. The van der Waals surface area contributed by atoms with Gasteiger partial charge in [-0.15, -0.1) is 0 Å². The predicted molar refractivity (Wildman–Crippen MR) is 230 cm³/mol. The van der Waals surface area contributed by atoms with Crippen LogP contribution in [0, 0.1) is 6.92 Å². The molecule has 10 aromatic carbocycles. The normalized spacial score (nSPS) is 11.8. The molecule has 0 amide bonds. The molecule has 0 unspecified atom stereocenters. The summed E-state index contributed by atoms with van der Waals surface area (Å²) in [6, 6.07) is 68.5. The lowest BCUT2D eigenvalue weighted by Gasteiger charge is -2.18. The van der Waals surface area contributed by atoms with E-state index < -0.39 is 0 Å². The molecule has 0 aliphatic heterocycles. The number of hydrogen-bond donors (Lipinski definition) is 0. The van der Waals surface area contributed by atoms with Crippen LogP contribution in [-0.2, 0) is 0 Å². The molecule has 11 rings (SSSR count). The summed E-state index contributed by atoms with van der Waals surface area (Å²) in [6.45, 7) is 2.15. The summed E-state index contributed by atoms with van der Waals surface area (Å²) < 4.78 is 6.90. The molecule has 252 valence electrons. The van der Waals surface area contributed by atoms with E-state index in [0.717, 1.165) is 27.5 Å². The number of para-hydroxylation sites is 1. The van der Waals surface area contributed by atoms with Crippen LogP contribution < -0.4 is 0 Å². The highest BCUT2D eigenvalue weighted by Crippen LogP contribution is 2.48. The lowest BCUT2D eigenvalue weighted by molar-refractivity contribution is 0.670. The predicted octanol–water partition coefficient (Wildman–Crippen LogP) is 15.2. The fourth-order valence-corrected chi connectivity index (χ4v) is 8.96. The van der Waals surface area contributed by atoms with Gasteiger partial charge in [-0.1, -0.05) is 181 Å². The maximum Gasteiger partial charge on any atom is 0.143 e. The van der Waals surface area contributed by atoms with Crippen molar-refractivity contribution in [2.45, 2.75) is 6.92 Å². The van der Waals surface area contributed by atoms with E-state index >= 15 is 0 Å². The van der Waals surface area contributed by atoms with Gasteiger partial charge in [0.05, 0.1) is 0 Å². The molecule has 1 nitrogen and oxygen atoms in total. The van der Waals surface area contributed by atoms with Gasteiger partial charge in [-0.3, -0.25) is 0 Å². The van der Waals surface area contributed by atoms with E-state index in [1.54, 1.807) is 0 Å². The summed E-state index contributed by atoms with van der Waals surface area (Å²) in [5, 5.41) is 12.2. The second-order valence-electron chi connectivity index (χ2n) is 14.4. The average molecular weight is 687 g/mol. The monoisotopic (exact) mass is 686 g/mol. The molecule has 1 heteroatoms. The molecular weight excluding hydrogens is 653 g/mol. The van der Waals surface area contributed by atoms with Crippen LogP contribution in [0.1, 0.15) is 5.56 Å². The van der Waals surface area contributed by atoms with Gasteiger partial charge >= 0.3 is 0 Å². The third-order valence-corrected chi connectivity index (χ3v) is 11.3. The molecule has 0 saturated heterocycles. The van der Waals surface area contributed by atoms with E-state index in [1.807, 2.05) is 0 Å². The molecule has 0 aliphatic rings. The van der Waals surface area contributed by atoms with Crippen LogP contribution in [-0.4, -0.2) is 0 Å². The van der Waals surface area contributed by atoms with Gasteiger partial charge in [-0.25, -0.2) is 0 Å². The van der Waals surface area contributed by atoms with Crippen molar-refractivity contribution in [3.05, 3.63) is 194 Å². The van der Waals surface area contributed by atoms with Crippen molar-refractivity contribution in [3.8, 4) is 44.5 Å². The highest BCUT2D eigenvalue weighted by Gasteiger charge is 2.21. The van der Waals surface area contributed by atoms with E-state index in [-0.39, 0.29) is 0 Å². The lowest BCUT2D eigenvalue weighted by atomic mass is 9.85. The molecule has 0 aliphatic carbocycles. The molecule has 1 aromatic heterocycles. The quantitative estimate of drug-likeness (QED) is 0.168. The van der Waals surface area contributed by atoms with Gasteiger partial charge in [0.1, 0.15) is 11.2 Å². The third kappa shape index (κ3) is 4.58. The number of hydrogen-bond acceptors (Lipinski definition) is 1. The maximum atomic E-state index is 6.90. The standard InChI is InChI=1S/C53H34O/c1-33-26-28-35(29-27-33)50-37-16-5-7-18-39(37)51(40-19-8-6-17-38(40)50)36-30-31-48-47(32-36)45-24-13-25-46(53(45)54-48)52-43-22-11-9-20-41(43)49(34-14-3-2-4-15-34)42-21-10-12-23-44(42)52/h2-32H,1H3. The Kier molecular flexibility index (Phi) is 6.84. The average Bonchev–Trinajstić information content (AvgIpc) is 3.61. The van der Waals surface area contributed by atoms with E-state index in [1.165, 1.54) is 87.6 Å². The Morgan fingerprint density at radius 1 is 0.296 bits per heavy atom. The third-order valence-electron chi connectivity index (χ3n) is 11.3. The number of furan rings is 1. The topological polar surface area (TPSA) is 13.1 Å². The zero-order valence-electron chi connectivity index (χ0n) is 29.8. The molecular formula is C53H34O. The van der Waals surface area contributed by atoms with Crippen molar-refractivity contribution >= 4 is 65.0 Å². The molecule has 1 heterocycles. The SMILES string of the molecule is Cc1ccc(-c2c3ccccc3c(-c3ccc4oc5c(-c6c7ccccc7c(-c7ccccc7)c7ccccc67)cccc5c4c3)c3ccccc23)cc1. The van der Waals surface area contributed by atoms with Gasteiger partial charge in [-0.2, -0.15) is 0 Å². The molecule has 54 heavy (non-hydrogen) atoms. The van der Waals surface area contributed by atoms with Gasteiger partial charge in [0, 0.05) is 21.9 Å². The van der Waals surface area contributed by atoms with Crippen LogP contribution in [0.2, 0.25) is 0 Å². The van der Waals surface area contributed by atoms with Crippen LogP contribution in [0.15, 0.2) is 192 Å². The van der Waals surface area contributed by atoms with E-state index in [4.69, 9.17) is 4.42 Å². The zero-order chi connectivity index (χ0) is 35.8. The highest BCUT2D eigenvalue weighted by molar-refractivity contribution is 6.25. The van der Waals surface area contributed by atoms with E-state index in [9.17, 15) is 0 Å². The maximum absolute atomic E-state index is 6.90. The van der Waals surface area contributed by atoms with E-state index in [2.05, 4.69) is 195 Å². The smallest absolute Gasteiger partial charge is 0.143 e. The first kappa shape index (κ1) is 30.6. The van der Waals surface area contributed by atoms with Gasteiger partial charge in [-0.05, 0) is 95.5 Å². The number of rotatable bonds is 4. The van der Waals surface area contributed by atoms with Gasteiger partial charge in [0.15, 0.2) is 0 Å². The molecule has 0 spiro atoms. The van der Waals surface area contributed by atoms with Crippen LogP contribution in [0.5, 0.6) is 0 Å². The van der Waals surface area contributed by atoms with Crippen LogP contribution >= 0.6 is 0 Å².